The van der Waals surface area contributed by atoms with E-state index in [-0.39, 0.29) is 12.2 Å². The Balaban J connectivity index is 2.74. The van der Waals surface area contributed by atoms with E-state index in [1.165, 1.54) is 7.11 Å². The van der Waals surface area contributed by atoms with Crippen molar-refractivity contribution in [3.05, 3.63) is 46.2 Å². The minimum atomic E-state index is -1.27. The topological polar surface area (TPSA) is 101 Å². The van der Waals surface area contributed by atoms with Crippen molar-refractivity contribution in [3.8, 4) is 11.3 Å². The number of methoxy groups -OCH3 is 2. The van der Waals surface area contributed by atoms with Gasteiger partial charge in [0.1, 0.15) is 11.6 Å². The lowest BCUT2D eigenvalue weighted by atomic mass is 10.1. The van der Waals surface area contributed by atoms with Gasteiger partial charge in [0.25, 0.3) is 5.56 Å². The van der Waals surface area contributed by atoms with E-state index in [0.717, 1.165) is 11.7 Å². The zero-order valence-electron chi connectivity index (χ0n) is 14.7. The largest absolute Gasteiger partial charge is 0.469 e. The van der Waals surface area contributed by atoms with Crippen LogP contribution in [0.2, 0.25) is 0 Å². The van der Waals surface area contributed by atoms with Crippen molar-refractivity contribution >= 4 is 17.9 Å². The summed E-state index contributed by atoms with van der Waals surface area (Å²) in [6, 6.07) is 6.89. The first-order chi connectivity index (χ1) is 12.5. The number of esters is 3. The first kappa shape index (κ1) is 19.2. The molecule has 0 fully saturated rings. The van der Waals surface area contributed by atoms with Crippen LogP contribution in [0.1, 0.15) is 29.7 Å². The van der Waals surface area contributed by atoms with Crippen LogP contribution >= 0.6 is 0 Å². The van der Waals surface area contributed by atoms with Crippen LogP contribution < -0.4 is 5.56 Å². The Morgan fingerprint density at radius 1 is 1.08 bits per heavy atom. The predicted molar refractivity (Wildman–Crippen MR) is 91.0 cm³/mol. The molecule has 26 heavy (non-hydrogen) atoms. The fraction of sp³-hybridized carbons (Fsp3) is 0.333. The Morgan fingerprint density at radius 2 is 1.77 bits per heavy atom. The summed E-state index contributed by atoms with van der Waals surface area (Å²) in [5.74, 6) is -2.29. The highest BCUT2D eigenvalue weighted by Gasteiger charge is 2.34. The van der Waals surface area contributed by atoms with Crippen LogP contribution in [-0.2, 0) is 23.8 Å². The standard InChI is InChI=1S/C18H19NO7/c1-4-26-18(23)15-11-8-6-5-7-9-12(11)19(16(15)21)13(17(22)25-3)10-14(20)24-2/h5-9,13H,4,10H2,1-3H3. The number of carbonyl (C=O) groups is 3. The Labute approximate surface area is 149 Å². The summed E-state index contributed by atoms with van der Waals surface area (Å²) in [6.45, 7) is 1.71. The van der Waals surface area contributed by atoms with E-state index in [0.29, 0.717) is 11.3 Å². The summed E-state index contributed by atoms with van der Waals surface area (Å²) in [6.07, 6.45) is -0.414. The number of rotatable bonds is 6. The number of fused-ring (bicyclic) bond motifs is 1. The molecule has 0 aromatic rings. The quantitative estimate of drug-likeness (QED) is 0.566. The van der Waals surface area contributed by atoms with Crippen LogP contribution in [-0.4, -0.2) is 43.3 Å². The molecule has 0 saturated heterocycles. The average molecular weight is 361 g/mol. The van der Waals surface area contributed by atoms with Gasteiger partial charge in [-0.2, -0.15) is 0 Å². The molecule has 0 bridgehead atoms. The third kappa shape index (κ3) is 3.58. The number of aromatic nitrogens is 1. The molecule has 1 aliphatic heterocycles. The maximum absolute atomic E-state index is 12.9. The number of ether oxygens (including phenoxy) is 3. The Morgan fingerprint density at radius 3 is 2.38 bits per heavy atom. The highest BCUT2D eigenvalue weighted by atomic mass is 16.5. The molecule has 0 spiro atoms. The van der Waals surface area contributed by atoms with Crippen LogP contribution in [0.4, 0.5) is 0 Å². The van der Waals surface area contributed by atoms with E-state index >= 15 is 0 Å². The number of carbonyl (C=O) groups excluding carboxylic acids is 3. The third-order valence-corrected chi connectivity index (χ3v) is 3.83. The average Bonchev–Trinajstić information content (AvgIpc) is 2.77. The molecule has 0 N–H and O–H groups in total. The zero-order valence-corrected chi connectivity index (χ0v) is 14.7. The first-order valence-electron chi connectivity index (χ1n) is 7.91. The molecule has 8 nitrogen and oxygen atoms in total. The highest BCUT2D eigenvalue weighted by molar-refractivity contribution is 5.98. The van der Waals surface area contributed by atoms with Gasteiger partial charge in [-0.05, 0) is 13.0 Å². The second-order valence-corrected chi connectivity index (χ2v) is 5.30. The van der Waals surface area contributed by atoms with Crippen LogP contribution in [0.25, 0.3) is 11.3 Å². The first-order valence-corrected chi connectivity index (χ1v) is 7.91. The molecule has 2 rings (SSSR count). The maximum atomic E-state index is 12.9. The van der Waals surface area contributed by atoms with Crippen molar-refractivity contribution in [2.45, 2.75) is 19.4 Å². The molecular weight excluding hydrogens is 342 g/mol. The molecule has 0 aromatic heterocycles. The van der Waals surface area contributed by atoms with Gasteiger partial charge in [0.2, 0.25) is 0 Å². The van der Waals surface area contributed by atoms with Gasteiger partial charge in [0.15, 0.2) is 0 Å². The SMILES string of the molecule is CCOC(=O)c1c2cccccc-2n(C(CC(=O)OC)C(=O)OC)c1=O. The molecule has 8 heteroatoms. The van der Waals surface area contributed by atoms with E-state index in [1.54, 1.807) is 37.3 Å². The van der Waals surface area contributed by atoms with Crippen molar-refractivity contribution < 1.29 is 28.6 Å². The van der Waals surface area contributed by atoms with Crippen LogP contribution in [0.15, 0.2) is 35.1 Å². The zero-order chi connectivity index (χ0) is 19.3. The highest BCUT2D eigenvalue weighted by Crippen LogP contribution is 2.29. The summed E-state index contributed by atoms with van der Waals surface area (Å²) >= 11 is 0. The summed E-state index contributed by atoms with van der Waals surface area (Å²) in [5.41, 5.74) is -0.305. The molecular formula is C18H19NO7. The Kier molecular flexibility index (Phi) is 6.11. The smallest absolute Gasteiger partial charge is 0.344 e. The van der Waals surface area contributed by atoms with Gasteiger partial charge in [-0.1, -0.05) is 24.3 Å². The second kappa shape index (κ2) is 8.28. The molecule has 1 unspecified atom stereocenters. The summed E-state index contributed by atoms with van der Waals surface area (Å²) in [4.78, 5) is 49.2. The van der Waals surface area contributed by atoms with Crippen molar-refractivity contribution in [2.24, 2.45) is 0 Å². The lowest BCUT2D eigenvalue weighted by Gasteiger charge is -2.16. The van der Waals surface area contributed by atoms with Gasteiger partial charge in [0, 0.05) is 5.56 Å². The second-order valence-electron chi connectivity index (χ2n) is 5.30. The van der Waals surface area contributed by atoms with Crippen molar-refractivity contribution in [1.82, 2.24) is 4.57 Å². The monoisotopic (exact) mass is 361 g/mol. The fourth-order valence-corrected chi connectivity index (χ4v) is 2.67. The van der Waals surface area contributed by atoms with Crippen molar-refractivity contribution in [2.75, 3.05) is 20.8 Å². The molecule has 0 amide bonds. The molecule has 1 atom stereocenters. The summed E-state index contributed by atoms with van der Waals surface area (Å²) in [7, 11) is 2.32. The number of nitrogens with zero attached hydrogens (tertiary/aromatic N) is 1. The van der Waals surface area contributed by atoms with Crippen LogP contribution in [0, 0.1) is 0 Å². The van der Waals surface area contributed by atoms with Gasteiger partial charge in [-0.15, -0.1) is 0 Å². The maximum Gasteiger partial charge on any atom is 0.344 e. The predicted octanol–water partition coefficient (Wildman–Crippen LogP) is 1.41. The van der Waals surface area contributed by atoms with E-state index in [9.17, 15) is 19.2 Å². The van der Waals surface area contributed by atoms with Crippen LogP contribution in [0.3, 0.4) is 0 Å². The molecule has 0 aromatic carbocycles. The van der Waals surface area contributed by atoms with Gasteiger partial charge in [-0.3, -0.25) is 14.2 Å². The molecule has 0 saturated carbocycles. The van der Waals surface area contributed by atoms with E-state index in [4.69, 9.17) is 9.47 Å². The molecule has 0 radical (unpaired) electrons. The summed E-state index contributed by atoms with van der Waals surface area (Å²) in [5, 5.41) is 0. The Bertz CT molecular complexity index is 855. The van der Waals surface area contributed by atoms with Gasteiger partial charge in [-0.25, -0.2) is 9.59 Å². The molecule has 138 valence electrons. The van der Waals surface area contributed by atoms with Gasteiger partial charge < -0.3 is 14.2 Å². The molecule has 2 aliphatic rings. The lowest BCUT2D eigenvalue weighted by Crippen LogP contribution is -2.32. The number of hydrogen-bond acceptors (Lipinski definition) is 7. The molecule has 1 heterocycles. The van der Waals surface area contributed by atoms with Gasteiger partial charge >= 0.3 is 17.9 Å². The van der Waals surface area contributed by atoms with Gasteiger partial charge in [0.05, 0.1) is 32.9 Å². The fourth-order valence-electron chi connectivity index (χ4n) is 2.67. The van der Waals surface area contributed by atoms with Crippen molar-refractivity contribution in [3.63, 3.8) is 0 Å². The van der Waals surface area contributed by atoms with Crippen molar-refractivity contribution in [1.29, 1.82) is 0 Å². The van der Waals surface area contributed by atoms with E-state index in [2.05, 4.69) is 4.74 Å². The Hall–Kier alpha value is -3.16. The lowest BCUT2D eigenvalue weighted by molar-refractivity contribution is -0.151. The normalized spacial score (nSPS) is 11.7. The summed E-state index contributed by atoms with van der Waals surface area (Å²) < 4.78 is 15.4. The minimum Gasteiger partial charge on any atom is -0.469 e. The minimum absolute atomic E-state index is 0.0898. The van der Waals surface area contributed by atoms with E-state index in [1.807, 2.05) is 0 Å². The van der Waals surface area contributed by atoms with Crippen LogP contribution in [0.5, 0.6) is 0 Å². The van der Waals surface area contributed by atoms with E-state index < -0.39 is 35.9 Å². The third-order valence-electron chi connectivity index (χ3n) is 3.83. The molecule has 1 aliphatic carbocycles. The number of hydrogen-bond donors (Lipinski definition) is 0.